The molecule has 1 saturated carbocycles. The second-order valence-electron chi connectivity index (χ2n) is 20.0. The van der Waals surface area contributed by atoms with Crippen molar-refractivity contribution in [3.8, 4) is 28.7 Å². The lowest BCUT2D eigenvalue weighted by Gasteiger charge is -2.51. The molecule has 3 fully saturated rings. The number of amides is 2. The van der Waals surface area contributed by atoms with E-state index in [-0.39, 0.29) is 47.0 Å². The molecule has 0 unspecified atom stereocenters. The van der Waals surface area contributed by atoms with Crippen LogP contribution in [0.5, 0.6) is 11.5 Å². The lowest BCUT2D eigenvalue weighted by atomic mass is 9.64. The lowest BCUT2D eigenvalue weighted by molar-refractivity contribution is -0.129. The van der Waals surface area contributed by atoms with E-state index >= 15 is 8.78 Å². The largest absolute Gasteiger partial charge is 0.495 e. The number of hydrogen-bond donors (Lipinski definition) is 3. The van der Waals surface area contributed by atoms with Crippen LogP contribution in [0.4, 0.5) is 31.8 Å². The van der Waals surface area contributed by atoms with Gasteiger partial charge in [0.05, 0.1) is 25.3 Å². The fraction of sp³-hybridized carbons (Fsp3) is 0.463. The molecular formula is C54H62F2N10O5. The van der Waals surface area contributed by atoms with Gasteiger partial charge in [0, 0.05) is 141 Å². The first kappa shape index (κ1) is 47.9. The Hall–Kier alpha value is -6.77. The minimum absolute atomic E-state index is 0.0181. The van der Waals surface area contributed by atoms with E-state index in [0.717, 1.165) is 85.1 Å². The van der Waals surface area contributed by atoms with Gasteiger partial charge in [-0.15, -0.1) is 0 Å². The lowest BCUT2D eigenvalue weighted by Crippen LogP contribution is -2.63. The number of halogens is 2. The summed E-state index contributed by atoms with van der Waals surface area (Å²) in [6, 6.07) is 22.6. The van der Waals surface area contributed by atoms with Crippen molar-refractivity contribution in [1.82, 2.24) is 30.3 Å². The normalized spacial score (nSPS) is 19.8. The van der Waals surface area contributed by atoms with Crippen molar-refractivity contribution in [1.29, 1.82) is 5.26 Å². The van der Waals surface area contributed by atoms with Crippen LogP contribution in [-0.4, -0.2) is 109 Å². The summed E-state index contributed by atoms with van der Waals surface area (Å²) in [5.41, 5.74) is 6.66. The number of alkyl halides is 2. The van der Waals surface area contributed by atoms with Gasteiger partial charge in [-0.2, -0.15) is 10.4 Å². The predicted octanol–water partition coefficient (Wildman–Crippen LogP) is 7.97. The van der Waals surface area contributed by atoms with Crippen LogP contribution in [-0.2, 0) is 28.9 Å². The highest BCUT2D eigenvalue weighted by molar-refractivity contribution is 5.95. The second kappa shape index (κ2) is 20.2. The zero-order chi connectivity index (χ0) is 49.4. The molecule has 71 heavy (non-hydrogen) atoms. The maximum atomic E-state index is 15.1. The van der Waals surface area contributed by atoms with Crippen molar-refractivity contribution in [3.63, 3.8) is 0 Å². The summed E-state index contributed by atoms with van der Waals surface area (Å²) in [4.78, 5) is 36.6. The van der Waals surface area contributed by atoms with E-state index in [4.69, 9.17) is 24.3 Å². The van der Waals surface area contributed by atoms with Gasteiger partial charge in [-0.1, -0.05) is 13.8 Å². The van der Waals surface area contributed by atoms with Crippen molar-refractivity contribution in [2.45, 2.75) is 96.5 Å². The van der Waals surface area contributed by atoms with Gasteiger partial charge in [0.15, 0.2) is 5.82 Å². The summed E-state index contributed by atoms with van der Waals surface area (Å²) in [6.45, 7) is 11.8. The Balaban J connectivity index is 0.706. The molecule has 5 aliphatic rings. The van der Waals surface area contributed by atoms with E-state index in [9.17, 15) is 14.9 Å². The minimum atomic E-state index is -2.70. The molecule has 2 amide bonds. The molecule has 15 nitrogen and oxygen atoms in total. The number of aromatic nitrogens is 3. The Morgan fingerprint density at radius 2 is 1.80 bits per heavy atom. The molecule has 2 atom stereocenters. The highest BCUT2D eigenvalue weighted by Crippen LogP contribution is 2.45. The van der Waals surface area contributed by atoms with Crippen LogP contribution in [0.2, 0.25) is 0 Å². The van der Waals surface area contributed by atoms with Crippen molar-refractivity contribution in [2.24, 2.45) is 5.41 Å². The van der Waals surface area contributed by atoms with E-state index in [1.54, 1.807) is 37.4 Å². The third-order valence-electron chi connectivity index (χ3n) is 15.3. The number of carbonyl (C=O) groups is 2. The number of anilines is 4. The number of rotatable bonds is 15. The fourth-order valence-electron chi connectivity index (χ4n) is 10.8. The van der Waals surface area contributed by atoms with E-state index in [2.05, 4.69) is 50.3 Å². The number of nitrogens with zero attached hydrogens (tertiary/aromatic N) is 7. The van der Waals surface area contributed by atoms with Gasteiger partial charge in [-0.05, 0) is 97.5 Å². The van der Waals surface area contributed by atoms with Gasteiger partial charge in [-0.25, -0.2) is 13.8 Å². The molecule has 3 aromatic carbocycles. The average Bonchev–Trinajstić information content (AvgIpc) is 3.76. The SMILES string of the molecule is COc1cc(O[C@H]2C[C@H](NC(=O)c3ccc(NCCNC4CN(c5ccc(-c6cc7c(cc6C(F)F)N(c6nn(C8CCOCC8)c8c6CN(C(C)=O)CC8)CCC7)cn5)C4)cc3)C2(C)C)ccc1C#N. The maximum absolute atomic E-state index is 15.1. The van der Waals surface area contributed by atoms with Crippen LogP contribution in [0.3, 0.4) is 0 Å². The monoisotopic (exact) mass is 968 g/mol. The molecule has 2 saturated heterocycles. The highest BCUT2D eigenvalue weighted by atomic mass is 19.3. The van der Waals surface area contributed by atoms with Gasteiger partial charge in [0.1, 0.15) is 29.5 Å². The number of nitrogens with one attached hydrogen (secondary N) is 3. The van der Waals surface area contributed by atoms with E-state index in [0.29, 0.717) is 86.0 Å². The number of pyridine rings is 1. The molecule has 372 valence electrons. The third kappa shape index (κ3) is 9.71. The van der Waals surface area contributed by atoms with Gasteiger partial charge < -0.3 is 44.9 Å². The van der Waals surface area contributed by atoms with Crippen LogP contribution in [0.1, 0.15) is 97.2 Å². The van der Waals surface area contributed by atoms with E-state index in [1.807, 2.05) is 47.4 Å². The van der Waals surface area contributed by atoms with Crippen molar-refractivity contribution in [3.05, 3.63) is 106 Å². The van der Waals surface area contributed by atoms with Crippen LogP contribution in [0, 0.1) is 16.7 Å². The minimum Gasteiger partial charge on any atom is -0.495 e. The molecule has 17 heteroatoms. The van der Waals surface area contributed by atoms with Crippen LogP contribution in [0.25, 0.3) is 11.1 Å². The number of ether oxygens (including phenoxy) is 3. The second-order valence-corrected chi connectivity index (χ2v) is 20.0. The Kier molecular flexibility index (Phi) is 13.6. The molecule has 0 radical (unpaired) electrons. The van der Waals surface area contributed by atoms with Crippen LogP contribution in [0.15, 0.2) is 72.9 Å². The van der Waals surface area contributed by atoms with E-state index in [1.165, 1.54) is 7.11 Å². The number of benzene rings is 3. The zero-order valence-corrected chi connectivity index (χ0v) is 40.8. The summed E-state index contributed by atoms with van der Waals surface area (Å²) < 4.78 is 49.5. The average molecular weight is 969 g/mol. The quantitative estimate of drug-likeness (QED) is 0.0870. The predicted molar refractivity (Wildman–Crippen MR) is 267 cm³/mol. The summed E-state index contributed by atoms with van der Waals surface area (Å²) in [6.07, 6.45) is 3.61. The van der Waals surface area contributed by atoms with Gasteiger partial charge in [0.25, 0.3) is 12.3 Å². The number of methoxy groups -OCH3 is 1. The summed E-state index contributed by atoms with van der Waals surface area (Å²) in [5.74, 6) is 2.55. The number of carbonyl (C=O) groups excluding carboxylic acids is 2. The topological polar surface area (TPSA) is 162 Å². The Labute approximate surface area is 413 Å². The van der Waals surface area contributed by atoms with E-state index < -0.39 is 6.43 Å². The fourth-order valence-corrected chi connectivity index (χ4v) is 10.8. The Morgan fingerprint density at radius 1 is 1.00 bits per heavy atom. The molecule has 10 rings (SSSR count). The standard InChI is InChI=1S/C54H62F2N10O5/c1-33(67)63-21-15-45-44(32-63)52(62-66(45)40-16-22-70-23-17-40)65-20-5-6-35-24-42(43(51(55)56)26-46(35)65)37-10-14-50(60-29-37)64-30-39(31-64)59-19-18-58-38-11-7-34(8-12-38)53(68)61-48-27-49(54(48,2)3)71-41-13-9-36(28-57)47(25-41)69-4/h7-14,24-26,29,39-40,48-49,51,58-59H,5-6,15-23,27,30-32H2,1-4H3,(H,61,68)/t48-,49-/m0/s1. The smallest absolute Gasteiger partial charge is 0.264 e. The van der Waals surface area contributed by atoms with Crippen molar-refractivity contribution >= 4 is 34.8 Å². The first-order valence-corrected chi connectivity index (χ1v) is 24.9. The zero-order valence-electron chi connectivity index (χ0n) is 40.8. The van der Waals surface area contributed by atoms with Gasteiger partial charge in [0.2, 0.25) is 5.91 Å². The summed E-state index contributed by atoms with van der Waals surface area (Å²) >= 11 is 0. The molecule has 3 N–H and O–H groups in total. The maximum Gasteiger partial charge on any atom is 0.264 e. The number of hydrogen-bond acceptors (Lipinski definition) is 12. The first-order chi connectivity index (χ1) is 34.4. The Morgan fingerprint density at radius 3 is 2.51 bits per heavy atom. The molecule has 4 aliphatic heterocycles. The van der Waals surface area contributed by atoms with Crippen LogP contribution < -0.4 is 35.2 Å². The van der Waals surface area contributed by atoms with Crippen molar-refractivity contribution < 1.29 is 32.6 Å². The van der Waals surface area contributed by atoms with Crippen LogP contribution >= 0.6 is 0 Å². The third-order valence-corrected chi connectivity index (χ3v) is 15.3. The number of aryl methyl sites for hydroxylation is 1. The Bertz CT molecular complexity index is 2800. The summed E-state index contributed by atoms with van der Waals surface area (Å²) in [5, 5.41) is 24.7. The molecule has 1 aliphatic carbocycles. The molecule has 5 aromatic rings. The van der Waals surface area contributed by atoms with Crippen molar-refractivity contribution in [2.75, 3.05) is 74.7 Å². The first-order valence-electron chi connectivity index (χ1n) is 24.9. The number of nitriles is 1. The molecule has 0 spiro atoms. The highest BCUT2D eigenvalue weighted by Gasteiger charge is 2.51. The van der Waals surface area contributed by atoms with Gasteiger partial charge in [-0.3, -0.25) is 14.3 Å². The molecular weight excluding hydrogens is 907 g/mol. The number of fused-ring (bicyclic) bond motifs is 2. The van der Waals surface area contributed by atoms with Gasteiger partial charge >= 0.3 is 0 Å². The molecule has 0 bridgehead atoms. The summed E-state index contributed by atoms with van der Waals surface area (Å²) in [7, 11) is 1.52. The molecule has 2 aromatic heterocycles. The molecule has 6 heterocycles.